The largest absolute Gasteiger partial charge is 0.494 e. The normalized spacial score (nSPS) is 15.7. The highest BCUT2D eigenvalue weighted by Gasteiger charge is 2.20. The van der Waals surface area contributed by atoms with Crippen LogP contribution in [0.25, 0.3) is 0 Å². The van der Waals surface area contributed by atoms with E-state index in [9.17, 15) is 8.42 Å². The maximum Gasteiger partial charge on any atom is 0.240 e. The van der Waals surface area contributed by atoms with Gasteiger partial charge >= 0.3 is 0 Å². The third kappa shape index (κ3) is 7.63. The van der Waals surface area contributed by atoms with Gasteiger partial charge in [-0.05, 0) is 86.7 Å². The van der Waals surface area contributed by atoms with Gasteiger partial charge in [0.1, 0.15) is 5.75 Å². The summed E-state index contributed by atoms with van der Waals surface area (Å²) in [6.45, 7) is 5.79. The number of rotatable bonds is 11. The molecule has 32 heavy (non-hydrogen) atoms. The molecular weight excluding hydrogens is 467 g/mol. The zero-order valence-electron chi connectivity index (χ0n) is 18.5. The Hall–Kier alpha value is -1.31. The highest BCUT2D eigenvalue weighted by atomic mass is 35.5. The molecule has 0 aromatic heterocycles. The third-order valence-electron chi connectivity index (χ3n) is 5.84. The first-order chi connectivity index (χ1) is 15.4. The molecule has 5 nitrogen and oxygen atoms in total. The quantitative estimate of drug-likeness (QED) is 0.421. The minimum absolute atomic E-state index is 0.265. The molecule has 1 aliphatic rings. The second-order valence-electron chi connectivity index (χ2n) is 8.31. The van der Waals surface area contributed by atoms with E-state index < -0.39 is 10.0 Å². The van der Waals surface area contributed by atoms with Gasteiger partial charge in [0.05, 0.1) is 21.5 Å². The standard InChI is InChI=1S/C24H32Cl2N2O3S/c1-2-3-16-31-21-5-7-22(8-6-21)32(29,30)27-12-15-28-13-10-19(11-14-28)17-20-4-9-23(25)24(26)18-20/h4-9,18-19,27H,2-3,10-17H2,1H3. The van der Waals surface area contributed by atoms with E-state index in [1.165, 1.54) is 5.56 Å². The number of hydrogen-bond acceptors (Lipinski definition) is 4. The van der Waals surface area contributed by atoms with E-state index in [0.717, 1.165) is 45.2 Å². The lowest BCUT2D eigenvalue weighted by atomic mass is 9.90. The number of halogens is 2. The average molecular weight is 500 g/mol. The van der Waals surface area contributed by atoms with Gasteiger partial charge in [-0.25, -0.2) is 13.1 Å². The molecular formula is C24H32Cl2N2O3S. The van der Waals surface area contributed by atoms with E-state index in [-0.39, 0.29) is 4.90 Å². The van der Waals surface area contributed by atoms with E-state index >= 15 is 0 Å². The van der Waals surface area contributed by atoms with Crippen molar-refractivity contribution in [1.82, 2.24) is 9.62 Å². The Morgan fingerprint density at radius 1 is 1.06 bits per heavy atom. The summed E-state index contributed by atoms with van der Waals surface area (Å²) in [6, 6.07) is 12.5. The first-order valence-electron chi connectivity index (χ1n) is 11.3. The molecule has 2 aromatic carbocycles. The molecule has 0 bridgehead atoms. The van der Waals surface area contributed by atoms with Gasteiger partial charge in [-0.3, -0.25) is 0 Å². The maximum absolute atomic E-state index is 12.6. The summed E-state index contributed by atoms with van der Waals surface area (Å²) in [5, 5.41) is 1.19. The predicted octanol–water partition coefficient (Wildman–Crippen LogP) is 5.41. The van der Waals surface area contributed by atoms with Crippen molar-refractivity contribution < 1.29 is 13.2 Å². The number of likely N-dealkylation sites (tertiary alicyclic amines) is 1. The second kappa shape index (κ2) is 12.2. The SMILES string of the molecule is CCCCOc1ccc(S(=O)(=O)NCCN2CCC(Cc3ccc(Cl)c(Cl)c3)CC2)cc1. The Labute approximate surface area is 202 Å². The van der Waals surface area contributed by atoms with Crippen molar-refractivity contribution in [3.8, 4) is 5.75 Å². The first-order valence-corrected chi connectivity index (χ1v) is 13.5. The number of benzene rings is 2. The summed E-state index contributed by atoms with van der Waals surface area (Å²) in [4.78, 5) is 2.58. The number of sulfonamides is 1. The number of unbranched alkanes of at least 4 members (excludes halogenated alkanes) is 1. The molecule has 0 radical (unpaired) electrons. The van der Waals surface area contributed by atoms with Crippen LogP contribution in [-0.2, 0) is 16.4 Å². The zero-order chi connectivity index (χ0) is 23.0. The van der Waals surface area contributed by atoms with Crippen molar-refractivity contribution in [2.24, 2.45) is 5.92 Å². The molecule has 2 aromatic rings. The second-order valence-corrected chi connectivity index (χ2v) is 10.9. The molecule has 176 valence electrons. The Morgan fingerprint density at radius 2 is 1.78 bits per heavy atom. The fraction of sp³-hybridized carbons (Fsp3) is 0.500. The lowest BCUT2D eigenvalue weighted by Gasteiger charge is -2.32. The third-order valence-corrected chi connectivity index (χ3v) is 8.05. The van der Waals surface area contributed by atoms with Crippen molar-refractivity contribution >= 4 is 33.2 Å². The fourth-order valence-corrected chi connectivity index (χ4v) is 5.23. The van der Waals surface area contributed by atoms with Gasteiger partial charge in [-0.1, -0.05) is 42.6 Å². The van der Waals surface area contributed by atoms with Crippen LogP contribution >= 0.6 is 23.2 Å². The van der Waals surface area contributed by atoms with Crippen LogP contribution in [0.4, 0.5) is 0 Å². The molecule has 1 saturated heterocycles. The Morgan fingerprint density at radius 3 is 2.44 bits per heavy atom. The highest BCUT2D eigenvalue weighted by Crippen LogP contribution is 2.27. The Kier molecular flexibility index (Phi) is 9.68. The van der Waals surface area contributed by atoms with Crippen LogP contribution in [0.5, 0.6) is 5.75 Å². The molecule has 0 saturated carbocycles. The smallest absolute Gasteiger partial charge is 0.240 e. The number of nitrogens with one attached hydrogen (secondary N) is 1. The predicted molar refractivity (Wildman–Crippen MR) is 131 cm³/mol. The molecule has 0 amide bonds. The minimum Gasteiger partial charge on any atom is -0.494 e. The summed E-state index contributed by atoms with van der Waals surface area (Å²) in [5.74, 6) is 1.30. The molecule has 0 spiro atoms. The molecule has 1 fully saturated rings. The van der Waals surface area contributed by atoms with Gasteiger partial charge in [0, 0.05) is 13.1 Å². The lowest BCUT2D eigenvalue weighted by molar-refractivity contribution is 0.187. The molecule has 3 rings (SSSR count). The Bertz CT molecular complexity index is 960. The summed E-state index contributed by atoms with van der Waals surface area (Å²) in [7, 11) is -3.52. The summed E-state index contributed by atoms with van der Waals surface area (Å²) < 4.78 is 33.4. The summed E-state index contributed by atoms with van der Waals surface area (Å²) in [6.07, 6.45) is 5.22. The molecule has 8 heteroatoms. The van der Waals surface area contributed by atoms with E-state index in [4.69, 9.17) is 27.9 Å². The van der Waals surface area contributed by atoms with Gasteiger partial charge in [0.2, 0.25) is 10.0 Å². The van der Waals surface area contributed by atoms with Crippen LogP contribution < -0.4 is 9.46 Å². The molecule has 0 unspecified atom stereocenters. The molecule has 1 N–H and O–H groups in total. The van der Waals surface area contributed by atoms with Crippen LogP contribution in [0, 0.1) is 5.92 Å². The maximum atomic E-state index is 12.6. The first kappa shape index (κ1) is 25.3. The van der Waals surface area contributed by atoms with Gasteiger partial charge in [-0.2, -0.15) is 0 Å². The minimum atomic E-state index is -3.52. The lowest BCUT2D eigenvalue weighted by Crippen LogP contribution is -2.39. The Balaban J connectivity index is 1.39. The van der Waals surface area contributed by atoms with Crippen molar-refractivity contribution in [2.45, 2.75) is 43.9 Å². The van der Waals surface area contributed by atoms with E-state index in [2.05, 4.69) is 16.5 Å². The van der Waals surface area contributed by atoms with Crippen molar-refractivity contribution in [2.75, 3.05) is 32.8 Å². The van der Waals surface area contributed by atoms with E-state index in [1.54, 1.807) is 24.3 Å². The fourth-order valence-electron chi connectivity index (χ4n) is 3.88. The highest BCUT2D eigenvalue weighted by molar-refractivity contribution is 7.89. The van der Waals surface area contributed by atoms with Gasteiger partial charge in [-0.15, -0.1) is 0 Å². The molecule has 1 aliphatic heterocycles. The van der Waals surface area contributed by atoms with Crippen molar-refractivity contribution in [3.63, 3.8) is 0 Å². The van der Waals surface area contributed by atoms with Crippen molar-refractivity contribution in [3.05, 3.63) is 58.1 Å². The van der Waals surface area contributed by atoms with E-state index in [1.807, 2.05) is 18.2 Å². The summed E-state index contributed by atoms with van der Waals surface area (Å²) >= 11 is 12.1. The molecule has 0 atom stereocenters. The summed E-state index contributed by atoms with van der Waals surface area (Å²) in [5.41, 5.74) is 1.22. The van der Waals surface area contributed by atoms with Crippen molar-refractivity contribution in [1.29, 1.82) is 0 Å². The number of hydrogen-bond donors (Lipinski definition) is 1. The van der Waals surface area contributed by atoms with Crippen LogP contribution in [0.1, 0.15) is 38.2 Å². The molecule has 1 heterocycles. The van der Waals surface area contributed by atoms with Crippen LogP contribution in [0.3, 0.4) is 0 Å². The topological polar surface area (TPSA) is 58.6 Å². The van der Waals surface area contributed by atoms with Crippen LogP contribution in [0.2, 0.25) is 10.0 Å². The zero-order valence-corrected chi connectivity index (χ0v) is 20.9. The number of piperidine rings is 1. The van der Waals surface area contributed by atoms with Crippen LogP contribution in [-0.4, -0.2) is 46.1 Å². The van der Waals surface area contributed by atoms with Crippen LogP contribution in [0.15, 0.2) is 47.4 Å². The number of nitrogens with zero attached hydrogens (tertiary/aromatic N) is 1. The van der Waals surface area contributed by atoms with Gasteiger partial charge in [0.15, 0.2) is 0 Å². The average Bonchev–Trinajstić information content (AvgIpc) is 2.78. The monoisotopic (exact) mass is 498 g/mol. The van der Waals surface area contributed by atoms with E-state index in [0.29, 0.717) is 41.4 Å². The number of ether oxygens (including phenoxy) is 1. The molecule has 0 aliphatic carbocycles. The van der Waals surface area contributed by atoms with Gasteiger partial charge in [0.25, 0.3) is 0 Å². The van der Waals surface area contributed by atoms with Gasteiger partial charge < -0.3 is 9.64 Å².